The predicted molar refractivity (Wildman–Crippen MR) is 89.2 cm³/mol. The molecule has 0 saturated carbocycles. The molecule has 7 nitrogen and oxygen atoms in total. The number of nitriles is 1. The molecule has 1 amide bonds. The molecule has 0 aliphatic heterocycles. The SMILES string of the molecule is CCOC(=O)/C(C#N)=C\Nc1ccc(C(=O)NCCCOC)cc1. The van der Waals surface area contributed by atoms with Gasteiger partial charge in [0.05, 0.1) is 6.61 Å². The van der Waals surface area contributed by atoms with Crippen molar-refractivity contribution in [3.63, 3.8) is 0 Å². The fourth-order valence-electron chi connectivity index (χ4n) is 1.74. The number of hydrogen-bond acceptors (Lipinski definition) is 6. The van der Waals surface area contributed by atoms with Gasteiger partial charge in [-0.3, -0.25) is 4.79 Å². The Morgan fingerprint density at radius 3 is 2.58 bits per heavy atom. The van der Waals surface area contributed by atoms with Gasteiger partial charge >= 0.3 is 5.97 Å². The molecule has 1 rings (SSSR count). The zero-order valence-corrected chi connectivity index (χ0v) is 13.8. The average Bonchev–Trinajstić information content (AvgIpc) is 2.60. The van der Waals surface area contributed by atoms with Gasteiger partial charge in [-0.2, -0.15) is 5.26 Å². The molecule has 1 aromatic rings. The maximum absolute atomic E-state index is 11.9. The van der Waals surface area contributed by atoms with Gasteiger partial charge in [-0.1, -0.05) is 0 Å². The molecule has 0 aliphatic rings. The van der Waals surface area contributed by atoms with Gasteiger partial charge in [0.1, 0.15) is 6.07 Å². The molecule has 0 heterocycles. The topological polar surface area (TPSA) is 100 Å². The van der Waals surface area contributed by atoms with E-state index in [1.807, 2.05) is 0 Å². The molecule has 0 bridgehead atoms. The molecular weight excluding hydrogens is 310 g/mol. The van der Waals surface area contributed by atoms with Gasteiger partial charge in [0, 0.05) is 37.7 Å². The number of ether oxygens (including phenoxy) is 2. The Morgan fingerprint density at radius 2 is 2.00 bits per heavy atom. The Labute approximate surface area is 141 Å². The van der Waals surface area contributed by atoms with Crippen LogP contribution in [0.3, 0.4) is 0 Å². The number of amides is 1. The summed E-state index contributed by atoms with van der Waals surface area (Å²) in [4.78, 5) is 23.4. The molecule has 0 spiro atoms. The minimum absolute atomic E-state index is 0.128. The minimum atomic E-state index is -0.681. The zero-order valence-electron chi connectivity index (χ0n) is 13.8. The summed E-state index contributed by atoms with van der Waals surface area (Å²) < 4.78 is 9.67. The quantitative estimate of drug-likeness (QED) is 0.310. The van der Waals surface area contributed by atoms with Crippen LogP contribution in [0.5, 0.6) is 0 Å². The number of esters is 1. The van der Waals surface area contributed by atoms with Gasteiger partial charge in [-0.25, -0.2) is 4.79 Å². The lowest BCUT2D eigenvalue weighted by atomic mass is 10.2. The second kappa shape index (κ2) is 10.8. The molecule has 0 fully saturated rings. The molecule has 0 saturated heterocycles. The van der Waals surface area contributed by atoms with Crippen molar-refractivity contribution >= 4 is 17.6 Å². The van der Waals surface area contributed by atoms with E-state index in [1.165, 1.54) is 6.20 Å². The standard InChI is InChI=1S/C17H21N3O4/c1-3-24-17(22)14(11-18)12-20-15-7-5-13(6-8-15)16(21)19-9-4-10-23-2/h5-8,12,20H,3-4,9-10H2,1-2H3,(H,19,21)/b14-12-. The summed E-state index contributed by atoms with van der Waals surface area (Å²) in [6.45, 7) is 3.00. The third-order valence-corrected chi connectivity index (χ3v) is 2.96. The fraction of sp³-hybridized carbons (Fsp3) is 0.353. The molecule has 7 heteroatoms. The van der Waals surface area contributed by atoms with E-state index < -0.39 is 5.97 Å². The number of benzene rings is 1. The number of carbonyl (C=O) groups excluding carboxylic acids is 2. The Kier molecular flexibility index (Phi) is 8.64. The first kappa shape index (κ1) is 19.2. The number of anilines is 1. The second-order valence-electron chi connectivity index (χ2n) is 4.71. The first-order valence-corrected chi connectivity index (χ1v) is 7.53. The van der Waals surface area contributed by atoms with Crippen molar-refractivity contribution in [1.82, 2.24) is 5.32 Å². The fourth-order valence-corrected chi connectivity index (χ4v) is 1.74. The first-order chi connectivity index (χ1) is 11.6. The largest absolute Gasteiger partial charge is 0.462 e. The van der Waals surface area contributed by atoms with Gasteiger partial charge in [0.2, 0.25) is 0 Å². The van der Waals surface area contributed by atoms with Gasteiger partial charge in [-0.05, 0) is 37.6 Å². The van der Waals surface area contributed by atoms with Crippen LogP contribution in [-0.4, -0.2) is 38.7 Å². The van der Waals surface area contributed by atoms with E-state index in [9.17, 15) is 9.59 Å². The van der Waals surface area contributed by atoms with Crippen LogP contribution in [0.25, 0.3) is 0 Å². The lowest BCUT2D eigenvalue weighted by molar-refractivity contribution is -0.138. The van der Waals surface area contributed by atoms with Gasteiger partial charge < -0.3 is 20.1 Å². The summed E-state index contributed by atoms with van der Waals surface area (Å²) in [5, 5.41) is 14.5. The molecule has 0 aromatic heterocycles. The van der Waals surface area contributed by atoms with Gasteiger partial charge in [0.25, 0.3) is 5.91 Å². The summed E-state index contributed by atoms with van der Waals surface area (Å²) in [5.41, 5.74) is 1.03. The van der Waals surface area contributed by atoms with Crippen LogP contribution in [0.1, 0.15) is 23.7 Å². The number of nitrogens with zero attached hydrogens (tertiary/aromatic N) is 1. The Bertz CT molecular complexity index is 618. The molecule has 128 valence electrons. The zero-order chi connectivity index (χ0) is 17.8. The third-order valence-electron chi connectivity index (χ3n) is 2.96. The van der Waals surface area contributed by atoms with Crippen LogP contribution in [0.4, 0.5) is 5.69 Å². The number of rotatable bonds is 9. The highest BCUT2D eigenvalue weighted by atomic mass is 16.5. The van der Waals surface area contributed by atoms with Crippen LogP contribution in [0.15, 0.2) is 36.0 Å². The number of carbonyl (C=O) groups is 2. The normalized spacial score (nSPS) is 10.6. The molecular formula is C17H21N3O4. The Morgan fingerprint density at radius 1 is 1.29 bits per heavy atom. The van der Waals surface area contributed by atoms with Crippen molar-refractivity contribution in [2.24, 2.45) is 0 Å². The molecule has 1 aromatic carbocycles. The van der Waals surface area contributed by atoms with Crippen molar-refractivity contribution < 1.29 is 19.1 Å². The molecule has 0 unspecified atom stereocenters. The first-order valence-electron chi connectivity index (χ1n) is 7.53. The molecule has 0 aliphatic carbocycles. The summed E-state index contributed by atoms with van der Waals surface area (Å²) in [6, 6.07) is 8.43. The average molecular weight is 331 g/mol. The van der Waals surface area contributed by atoms with Gasteiger partial charge in [0.15, 0.2) is 5.57 Å². The smallest absolute Gasteiger partial charge is 0.350 e. The molecule has 0 atom stereocenters. The highest BCUT2D eigenvalue weighted by molar-refractivity contribution is 5.95. The van der Waals surface area contributed by atoms with Crippen molar-refractivity contribution in [2.75, 3.05) is 32.2 Å². The van der Waals surface area contributed by atoms with Gasteiger partial charge in [-0.15, -0.1) is 0 Å². The van der Waals surface area contributed by atoms with E-state index in [1.54, 1.807) is 44.4 Å². The van der Waals surface area contributed by atoms with E-state index in [2.05, 4.69) is 10.6 Å². The highest BCUT2D eigenvalue weighted by Crippen LogP contribution is 2.10. The molecule has 24 heavy (non-hydrogen) atoms. The van der Waals surface area contributed by atoms with Crippen molar-refractivity contribution in [2.45, 2.75) is 13.3 Å². The number of methoxy groups -OCH3 is 1. The second-order valence-corrected chi connectivity index (χ2v) is 4.71. The summed E-state index contributed by atoms with van der Waals surface area (Å²) >= 11 is 0. The lowest BCUT2D eigenvalue weighted by Gasteiger charge is -2.06. The lowest BCUT2D eigenvalue weighted by Crippen LogP contribution is -2.25. The van der Waals surface area contributed by atoms with Crippen LogP contribution in [0, 0.1) is 11.3 Å². The van der Waals surface area contributed by atoms with Crippen LogP contribution < -0.4 is 10.6 Å². The Hall–Kier alpha value is -2.85. The van der Waals surface area contributed by atoms with E-state index in [-0.39, 0.29) is 18.1 Å². The van der Waals surface area contributed by atoms with E-state index in [0.717, 1.165) is 6.42 Å². The van der Waals surface area contributed by atoms with Crippen LogP contribution in [-0.2, 0) is 14.3 Å². The van der Waals surface area contributed by atoms with Crippen LogP contribution >= 0.6 is 0 Å². The predicted octanol–water partition coefficient (Wildman–Crippen LogP) is 1.84. The summed E-state index contributed by atoms with van der Waals surface area (Å²) in [5.74, 6) is -0.850. The van der Waals surface area contributed by atoms with E-state index in [0.29, 0.717) is 24.4 Å². The highest BCUT2D eigenvalue weighted by Gasteiger charge is 2.09. The van der Waals surface area contributed by atoms with Crippen molar-refractivity contribution in [1.29, 1.82) is 5.26 Å². The number of nitrogens with one attached hydrogen (secondary N) is 2. The monoisotopic (exact) mass is 331 g/mol. The molecule has 0 radical (unpaired) electrons. The maximum Gasteiger partial charge on any atom is 0.350 e. The minimum Gasteiger partial charge on any atom is -0.462 e. The summed E-state index contributed by atoms with van der Waals surface area (Å²) in [6.07, 6.45) is 2.02. The van der Waals surface area contributed by atoms with E-state index >= 15 is 0 Å². The van der Waals surface area contributed by atoms with Crippen molar-refractivity contribution in [3.8, 4) is 6.07 Å². The van der Waals surface area contributed by atoms with E-state index in [4.69, 9.17) is 14.7 Å². The molecule has 2 N–H and O–H groups in total. The Balaban J connectivity index is 2.59. The third kappa shape index (κ3) is 6.50. The summed E-state index contributed by atoms with van der Waals surface area (Å²) in [7, 11) is 1.61. The number of hydrogen-bond donors (Lipinski definition) is 2. The maximum atomic E-state index is 11.9. The van der Waals surface area contributed by atoms with Crippen LogP contribution in [0.2, 0.25) is 0 Å². The van der Waals surface area contributed by atoms with Crippen molar-refractivity contribution in [3.05, 3.63) is 41.6 Å².